The Morgan fingerprint density at radius 2 is 2.00 bits per heavy atom. The molecule has 4 rings (SSSR count). The Kier molecular flexibility index (Phi) is 4.97. The van der Waals surface area contributed by atoms with E-state index in [0.717, 1.165) is 30.9 Å². The van der Waals surface area contributed by atoms with Gasteiger partial charge in [0.15, 0.2) is 11.5 Å². The number of ether oxygens (including phenoxy) is 2. The molecule has 1 unspecified atom stereocenters. The lowest BCUT2D eigenvalue weighted by Gasteiger charge is -2.25. The first kappa shape index (κ1) is 17.1. The van der Waals surface area contributed by atoms with Crippen molar-refractivity contribution in [1.29, 1.82) is 0 Å². The molecule has 1 N–H and O–H groups in total. The number of nitrogens with zero attached hydrogens (tertiary/aromatic N) is 2. The normalized spacial score (nSPS) is 22.2. The molecule has 7 heteroatoms. The van der Waals surface area contributed by atoms with Gasteiger partial charge in [0.05, 0.1) is 0 Å². The lowest BCUT2D eigenvalue weighted by atomic mass is 10.1. The highest BCUT2D eigenvalue weighted by Gasteiger charge is 2.36. The summed E-state index contributed by atoms with van der Waals surface area (Å²) in [5.74, 6) is 1.40. The van der Waals surface area contributed by atoms with Crippen LogP contribution in [0.2, 0.25) is 0 Å². The van der Waals surface area contributed by atoms with Crippen molar-refractivity contribution in [3.63, 3.8) is 0 Å². The van der Waals surface area contributed by atoms with E-state index in [4.69, 9.17) is 9.47 Å². The van der Waals surface area contributed by atoms with Crippen molar-refractivity contribution in [2.45, 2.75) is 38.3 Å². The molecule has 26 heavy (non-hydrogen) atoms. The van der Waals surface area contributed by atoms with Crippen LogP contribution < -0.4 is 14.8 Å². The molecule has 2 fully saturated rings. The van der Waals surface area contributed by atoms with Crippen LogP contribution in [0.4, 0.5) is 0 Å². The minimum atomic E-state index is -0.383. The van der Waals surface area contributed by atoms with E-state index in [1.54, 1.807) is 4.90 Å². The van der Waals surface area contributed by atoms with Gasteiger partial charge in [-0.05, 0) is 50.0 Å². The summed E-state index contributed by atoms with van der Waals surface area (Å²) >= 11 is 0. The smallest absolute Gasteiger partial charge is 0.242 e. The van der Waals surface area contributed by atoms with Gasteiger partial charge in [0.2, 0.25) is 18.6 Å². The van der Waals surface area contributed by atoms with Crippen molar-refractivity contribution in [3.05, 3.63) is 23.8 Å². The zero-order valence-electron chi connectivity index (χ0n) is 14.9. The average Bonchev–Trinajstić information content (AvgIpc) is 3.37. The molecule has 1 aromatic carbocycles. The molecule has 1 aromatic rings. The van der Waals surface area contributed by atoms with E-state index >= 15 is 0 Å². The van der Waals surface area contributed by atoms with Gasteiger partial charge in [-0.1, -0.05) is 6.07 Å². The maximum absolute atomic E-state index is 12.6. The Morgan fingerprint density at radius 1 is 1.19 bits per heavy atom. The number of carbonyl (C=O) groups excluding carboxylic acids is 2. The molecule has 2 saturated heterocycles. The van der Waals surface area contributed by atoms with Crippen LogP contribution in [0.1, 0.15) is 31.2 Å². The third-order valence-electron chi connectivity index (χ3n) is 5.35. The van der Waals surface area contributed by atoms with Gasteiger partial charge in [0.25, 0.3) is 0 Å². The van der Waals surface area contributed by atoms with Crippen molar-refractivity contribution in [1.82, 2.24) is 15.1 Å². The maximum Gasteiger partial charge on any atom is 0.242 e. The molecule has 3 aliphatic heterocycles. The standard InChI is InChI=1S/C19H25N3O4/c23-18-6-4-15(19(24)20-7-10-21-8-1-2-9-21)22(18)12-14-3-5-16-17(11-14)26-13-25-16/h3,5,11,15H,1-2,4,6-10,12-13H2,(H,20,24). The second-order valence-corrected chi connectivity index (χ2v) is 7.10. The Morgan fingerprint density at radius 3 is 2.85 bits per heavy atom. The number of carbonyl (C=O) groups is 2. The van der Waals surface area contributed by atoms with Gasteiger partial charge in [-0.25, -0.2) is 0 Å². The van der Waals surface area contributed by atoms with Crippen LogP contribution in [0.15, 0.2) is 18.2 Å². The predicted octanol–water partition coefficient (Wildman–Crippen LogP) is 1.12. The second kappa shape index (κ2) is 7.53. The van der Waals surface area contributed by atoms with Crippen LogP contribution in [-0.2, 0) is 16.1 Å². The van der Waals surface area contributed by atoms with E-state index in [0.29, 0.717) is 31.7 Å². The lowest BCUT2D eigenvalue weighted by Crippen LogP contribution is -2.46. The number of benzene rings is 1. The predicted molar refractivity (Wildman–Crippen MR) is 94.8 cm³/mol. The number of likely N-dealkylation sites (tertiary alicyclic amines) is 2. The fourth-order valence-corrected chi connectivity index (χ4v) is 3.90. The molecule has 0 aliphatic carbocycles. The molecule has 0 spiro atoms. The average molecular weight is 359 g/mol. The van der Waals surface area contributed by atoms with Crippen LogP contribution >= 0.6 is 0 Å². The molecular weight excluding hydrogens is 334 g/mol. The third kappa shape index (κ3) is 3.62. The summed E-state index contributed by atoms with van der Waals surface area (Å²) in [6.07, 6.45) is 3.50. The van der Waals surface area contributed by atoms with Crippen molar-refractivity contribution in [2.24, 2.45) is 0 Å². The summed E-state index contributed by atoms with van der Waals surface area (Å²) in [4.78, 5) is 28.9. The molecule has 1 atom stereocenters. The molecule has 7 nitrogen and oxygen atoms in total. The first-order valence-corrected chi connectivity index (χ1v) is 9.39. The molecule has 0 saturated carbocycles. The number of amides is 2. The first-order valence-electron chi connectivity index (χ1n) is 9.39. The maximum atomic E-state index is 12.6. The minimum Gasteiger partial charge on any atom is -0.454 e. The number of fused-ring (bicyclic) bond motifs is 1. The number of hydrogen-bond acceptors (Lipinski definition) is 5. The van der Waals surface area contributed by atoms with E-state index in [1.165, 1.54) is 12.8 Å². The summed E-state index contributed by atoms with van der Waals surface area (Å²) in [5, 5.41) is 3.01. The van der Waals surface area contributed by atoms with E-state index < -0.39 is 0 Å². The lowest BCUT2D eigenvalue weighted by molar-refractivity contribution is -0.135. The van der Waals surface area contributed by atoms with Crippen molar-refractivity contribution < 1.29 is 19.1 Å². The number of nitrogens with one attached hydrogen (secondary N) is 1. The molecule has 2 amide bonds. The monoisotopic (exact) mass is 359 g/mol. The molecule has 3 heterocycles. The van der Waals surface area contributed by atoms with Crippen LogP contribution in [0.25, 0.3) is 0 Å². The van der Waals surface area contributed by atoms with Crippen LogP contribution in [0.3, 0.4) is 0 Å². The van der Waals surface area contributed by atoms with Gasteiger partial charge in [0.1, 0.15) is 6.04 Å². The van der Waals surface area contributed by atoms with Gasteiger partial charge in [-0.3, -0.25) is 9.59 Å². The molecule has 3 aliphatic rings. The molecule has 0 aromatic heterocycles. The summed E-state index contributed by atoms with van der Waals surface area (Å²) in [5.41, 5.74) is 0.944. The van der Waals surface area contributed by atoms with Crippen LogP contribution in [0.5, 0.6) is 11.5 Å². The zero-order valence-corrected chi connectivity index (χ0v) is 14.9. The Hall–Kier alpha value is -2.28. The number of hydrogen-bond donors (Lipinski definition) is 1. The fraction of sp³-hybridized carbons (Fsp3) is 0.579. The second-order valence-electron chi connectivity index (χ2n) is 7.10. The van der Waals surface area contributed by atoms with Crippen molar-refractivity contribution in [2.75, 3.05) is 33.0 Å². The molecule has 140 valence electrons. The van der Waals surface area contributed by atoms with E-state index in [-0.39, 0.29) is 24.6 Å². The highest BCUT2D eigenvalue weighted by Crippen LogP contribution is 2.33. The molecular formula is C19H25N3O4. The quantitative estimate of drug-likeness (QED) is 0.824. The van der Waals surface area contributed by atoms with Crippen molar-refractivity contribution in [3.8, 4) is 11.5 Å². The topological polar surface area (TPSA) is 71.1 Å². The van der Waals surface area contributed by atoms with Crippen molar-refractivity contribution >= 4 is 11.8 Å². The van der Waals surface area contributed by atoms with Gasteiger partial charge < -0.3 is 24.6 Å². The van der Waals surface area contributed by atoms with Gasteiger partial charge in [-0.15, -0.1) is 0 Å². The number of rotatable bonds is 6. The van der Waals surface area contributed by atoms with Crippen LogP contribution in [-0.4, -0.2) is 60.6 Å². The zero-order chi connectivity index (χ0) is 17.9. The summed E-state index contributed by atoms with van der Waals surface area (Å²) < 4.78 is 10.7. The summed E-state index contributed by atoms with van der Waals surface area (Å²) in [6.45, 7) is 4.40. The van der Waals surface area contributed by atoms with E-state index in [9.17, 15) is 9.59 Å². The SMILES string of the molecule is O=C(NCCN1CCCC1)C1CCC(=O)N1Cc1ccc2c(c1)OCO2. The van der Waals surface area contributed by atoms with Crippen LogP contribution in [0, 0.1) is 0 Å². The molecule has 0 radical (unpaired) electrons. The first-order chi connectivity index (χ1) is 12.7. The third-order valence-corrected chi connectivity index (χ3v) is 5.35. The van der Waals surface area contributed by atoms with Gasteiger partial charge in [0, 0.05) is 26.1 Å². The fourth-order valence-electron chi connectivity index (χ4n) is 3.90. The van der Waals surface area contributed by atoms with Gasteiger partial charge >= 0.3 is 0 Å². The summed E-state index contributed by atoms with van der Waals surface area (Å²) in [7, 11) is 0. The molecule has 0 bridgehead atoms. The van der Waals surface area contributed by atoms with E-state index in [1.807, 2.05) is 18.2 Å². The summed E-state index contributed by atoms with van der Waals surface area (Å²) in [6, 6.07) is 5.27. The Bertz CT molecular complexity index is 687. The highest BCUT2D eigenvalue weighted by molar-refractivity contribution is 5.90. The van der Waals surface area contributed by atoms with Gasteiger partial charge in [-0.2, -0.15) is 0 Å². The highest BCUT2D eigenvalue weighted by atomic mass is 16.7. The Labute approximate surface area is 153 Å². The Balaban J connectivity index is 1.34. The van der Waals surface area contributed by atoms with E-state index in [2.05, 4.69) is 10.2 Å². The minimum absolute atomic E-state index is 0.0300. The largest absolute Gasteiger partial charge is 0.454 e.